The van der Waals surface area contributed by atoms with Crippen LogP contribution in [0, 0.1) is 0 Å². The van der Waals surface area contributed by atoms with E-state index in [1.807, 2.05) is 0 Å². The molecule has 82 valence electrons. The van der Waals surface area contributed by atoms with Crippen LogP contribution in [0.5, 0.6) is 5.75 Å². The Morgan fingerprint density at radius 1 is 1.38 bits per heavy atom. The minimum atomic E-state index is -0.279. The minimum absolute atomic E-state index is 0.162. The number of aromatic hydroxyl groups is 1. The lowest BCUT2D eigenvalue weighted by atomic mass is 10.3. The maximum atomic E-state index is 11.7. The first-order valence-electron chi connectivity index (χ1n) is 4.74. The van der Waals surface area contributed by atoms with Gasteiger partial charge in [-0.05, 0) is 24.3 Å². The average Bonchev–Trinajstić information content (AvgIpc) is 2.68. The fraction of sp³-hybridized carbons (Fsp3) is 0.0909. The Labute approximate surface area is 92.4 Å². The highest BCUT2D eigenvalue weighted by molar-refractivity contribution is 6.01. The first-order chi connectivity index (χ1) is 7.66. The molecule has 5 heteroatoms. The molecule has 0 spiro atoms. The van der Waals surface area contributed by atoms with Gasteiger partial charge in [-0.1, -0.05) is 0 Å². The summed E-state index contributed by atoms with van der Waals surface area (Å²) in [4.78, 5) is 15.7. The van der Waals surface area contributed by atoms with Crippen LogP contribution in [0.1, 0.15) is 10.6 Å². The van der Waals surface area contributed by atoms with Gasteiger partial charge in [0.05, 0.1) is 0 Å². The summed E-state index contributed by atoms with van der Waals surface area (Å²) in [6, 6.07) is 6.26. The van der Waals surface area contributed by atoms with E-state index in [0.29, 0.717) is 11.5 Å². The highest BCUT2D eigenvalue weighted by Crippen LogP contribution is 2.14. The molecule has 0 aliphatic heterocycles. The molecular formula is C11H11N3O2. The molecule has 1 heterocycles. The lowest BCUT2D eigenvalue weighted by molar-refractivity contribution is 0.101. The predicted octanol–water partition coefficient (Wildman–Crippen LogP) is 1.38. The zero-order valence-corrected chi connectivity index (χ0v) is 8.71. The van der Waals surface area contributed by atoms with Gasteiger partial charge in [0, 0.05) is 25.1 Å². The van der Waals surface area contributed by atoms with Crippen LogP contribution in [-0.4, -0.2) is 20.6 Å². The van der Waals surface area contributed by atoms with Gasteiger partial charge in [-0.15, -0.1) is 0 Å². The highest BCUT2D eigenvalue weighted by Gasteiger charge is 2.10. The van der Waals surface area contributed by atoms with Crippen molar-refractivity contribution in [1.82, 2.24) is 9.55 Å². The smallest absolute Gasteiger partial charge is 0.291 e. The average molecular weight is 217 g/mol. The van der Waals surface area contributed by atoms with E-state index in [0.717, 1.165) is 0 Å². The topological polar surface area (TPSA) is 67.2 Å². The third-order valence-corrected chi connectivity index (χ3v) is 2.15. The largest absolute Gasteiger partial charge is 0.508 e. The van der Waals surface area contributed by atoms with Crippen molar-refractivity contribution in [3.63, 3.8) is 0 Å². The Hall–Kier alpha value is -2.30. The van der Waals surface area contributed by atoms with Crippen molar-refractivity contribution in [2.45, 2.75) is 0 Å². The summed E-state index contributed by atoms with van der Waals surface area (Å²) in [5, 5.41) is 11.8. The Morgan fingerprint density at radius 3 is 2.62 bits per heavy atom. The van der Waals surface area contributed by atoms with Crippen molar-refractivity contribution < 1.29 is 9.90 Å². The molecule has 0 atom stereocenters. The molecule has 0 radical (unpaired) electrons. The second-order valence-electron chi connectivity index (χ2n) is 3.36. The lowest BCUT2D eigenvalue weighted by Gasteiger charge is -2.04. The number of carbonyl (C=O) groups excluding carboxylic acids is 1. The number of phenolic OH excluding ortho intramolecular Hbond substituents is 1. The third-order valence-electron chi connectivity index (χ3n) is 2.15. The monoisotopic (exact) mass is 217 g/mol. The van der Waals surface area contributed by atoms with Crippen molar-refractivity contribution >= 4 is 11.6 Å². The van der Waals surface area contributed by atoms with Crippen LogP contribution < -0.4 is 5.32 Å². The number of benzene rings is 1. The van der Waals surface area contributed by atoms with Crippen LogP contribution in [-0.2, 0) is 7.05 Å². The zero-order valence-electron chi connectivity index (χ0n) is 8.71. The molecule has 2 aromatic rings. The van der Waals surface area contributed by atoms with Crippen molar-refractivity contribution in [3.05, 3.63) is 42.5 Å². The first kappa shape index (κ1) is 10.2. The fourth-order valence-corrected chi connectivity index (χ4v) is 1.32. The first-order valence-corrected chi connectivity index (χ1v) is 4.74. The molecular weight excluding hydrogens is 206 g/mol. The van der Waals surface area contributed by atoms with E-state index in [2.05, 4.69) is 10.3 Å². The molecule has 0 saturated carbocycles. The Balaban J connectivity index is 2.14. The second-order valence-corrected chi connectivity index (χ2v) is 3.36. The SMILES string of the molecule is Cn1ccnc1C(=O)Nc1ccc(O)cc1. The molecule has 0 aliphatic carbocycles. The number of aromatic nitrogens is 2. The molecule has 1 aromatic carbocycles. The number of hydrogen-bond donors (Lipinski definition) is 2. The van der Waals surface area contributed by atoms with E-state index >= 15 is 0 Å². The lowest BCUT2D eigenvalue weighted by Crippen LogP contribution is -2.16. The summed E-state index contributed by atoms with van der Waals surface area (Å²) in [7, 11) is 1.75. The van der Waals surface area contributed by atoms with Crippen LogP contribution in [0.25, 0.3) is 0 Å². The number of imidazole rings is 1. The van der Waals surface area contributed by atoms with Gasteiger partial charge in [-0.2, -0.15) is 0 Å². The van der Waals surface area contributed by atoms with Gasteiger partial charge in [-0.25, -0.2) is 4.98 Å². The van der Waals surface area contributed by atoms with Gasteiger partial charge in [0.15, 0.2) is 5.82 Å². The van der Waals surface area contributed by atoms with E-state index in [1.54, 1.807) is 36.1 Å². The van der Waals surface area contributed by atoms with E-state index < -0.39 is 0 Å². The van der Waals surface area contributed by atoms with Gasteiger partial charge < -0.3 is 15.0 Å². The van der Waals surface area contributed by atoms with E-state index in [9.17, 15) is 4.79 Å². The van der Waals surface area contributed by atoms with Crippen LogP contribution in [0.2, 0.25) is 0 Å². The standard InChI is InChI=1S/C11H11N3O2/c1-14-7-6-12-10(14)11(16)13-8-2-4-9(15)5-3-8/h2-7,15H,1H3,(H,13,16). The predicted molar refractivity (Wildman–Crippen MR) is 59.3 cm³/mol. The van der Waals surface area contributed by atoms with Crippen LogP contribution in [0.15, 0.2) is 36.7 Å². The molecule has 0 bridgehead atoms. The maximum Gasteiger partial charge on any atom is 0.291 e. The number of anilines is 1. The molecule has 0 fully saturated rings. The molecule has 1 amide bonds. The molecule has 16 heavy (non-hydrogen) atoms. The fourth-order valence-electron chi connectivity index (χ4n) is 1.32. The van der Waals surface area contributed by atoms with Crippen molar-refractivity contribution in [3.8, 4) is 5.75 Å². The Bertz CT molecular complexity index is 502. The Kier molecular flexibility index (Phi) is 2.59. The normalized spacial score (nSPS) is 10.1. The number of carbonyl (C=O) groups is 1. The van der Waals surface area contributed by atoms with Gasteiger partial charge in [0.1, 0.15) is 5.75 Å². The summed E-state index contributed by atoms with van der Waals surface area (Å²) < 4.78 is 1.63. The molecule has 0 aliphatic rings. The Morgan fingerprint density at radius 2 is 2.06 bits per heavy atom. The molecule has 5 nitrogen and oxygen atoms in total. The molecule has 0 saturated heterocycles. The maximum absolute atomic E-state index is 11.7. The quantitative estimate of drug-likeness (QED) is 0.747. The minimum Gasteiger partial charge on any atom is -0.508 e. The summed E-state index contributed by atoms with van der Waals surface area (Å²) in [5.41, 5.74) is 0.616. The van der Waals surface area contributed by atoms with Crippen molar-refractivity contribution in [2.75, 3.05) is 5.32 Å². The second kappa shape index (κ2) is 4.06. The van der Waals surface area contributed by atoms with Crippen molar-refractivity contribution in [2.24, 2.45) is 7.05 Å². The number of hydrogen-bond acceptors (Lipinski definition) is 3. The van der Waals surface area contributed by atoms with Crippen LogP contribution >= 0.6 is 0 Å². The van der Waals surface area contributed by atoms with Gasteiger partial charge in [0.2, 0.25) is 0 Å². The van der Waals surface area contributed by atoms with Crippen LogP contribution in [0.3, 0.4) is 0 Å². The summed E-state index contributed by atoms with van der Waals surface area (Å²) in [6.07, 6.45) is 3.26. The van der Waals surface area contributed by atoms with Gasteiger partial charge in [0.25, 0.3) is 5.91 Å². The summed E-state index contributed by atoms with van der Waals surface area (Å²) >= 11 is 0. The highest BCUT2D eigenvalue weighted by atomic mass is 16.3. The zero-order chi connectivity index (χ0) is 11.5. The number of aryl methyl sites for hydroxylation is 1. The molecule has 2 rings (SSSR count). The summed E-state index contributed by atoms with van der Waals surface area (Å²) in [5.74, 6) is 0.223. The number of nitrogens with one attached hydrogen (secondary N) is 1. The molecule has 1 aromatic heterocycles. The van der Waals surface area contributed by atoms with Gasteiger partial charge >= 0.3 is 0 Å². The van der Waals surface area contributed by atoms with E-state index in [1.165, 1.54) is 12.1 Å². The van der Waals surface area contributed by atoms with E-state index in [-0.39, 0.29) is 11.7 Å². The van der Waals surface area contributed by atoms with Gasteiger partial charge in [-0.3, -0.25) is 4.79 Å². The number of amides is 1. The van der Waals surface area contributed by atoms with Crippen LogP contribution in [0.4, 0.5) is 5.69 Å². The summed E-state index contributed by atoms with van der Waals surface area (Å²) in [6.45, 7) is 0. The van der Waals surface area contributed by atoms with Crippen molar-refractivity contribution in [1.29, 1.82) is 0 Å². The number of rotatable bonds is 2. The molecule has 0 unspecified atom stereocenters. The van der Waals surface area contributed by atoms with E-state index in [4.69, 9.17) is 5.11 Å². The number of phenols is 1. The number of nitrogens with zero attached hydrogens (tertiary/aromatic N) is 2. The third kappa shape index (κ3) is 2.03. The molecule has 2 N–H and O–H groups in total.